The molecule has 0 spiro atoms. The highest BCUT2D eigenvalue weighted by atomic mass is 32.2. The molecule has 1 atom stereocenters. The molecule has 1 aliphatic carbocycles. The summed E-state index contributed by atoms with van der Waals surface area (Å²) in [5.74, 6) is 0. The maximum absolute atomic E-state index is 2.31. The van der Waals surface area contributed by atoms with Crippen LogP contribution in [0.3, 0.4) is 0 Å². The van der Waals surface area contributed by atoms with Gasteiger partial charge in [0.2, 0.25) is 0 Å². The molecule has 0 aromatic rings. The fourth-order valence-corrected chi connectivity index (χ4v) is 3.10. The Balaban J connectivity index is 2.25. The maximum atomic E-state index is 2.31. The van der Waals surface area contributed by atoms with Crippen molar-refractivity contribution in [1.82, 2.24) is 0 Å². The summed E-state index contributed by atoms with van der Waals surface area (Å²) in [6, 6.07) is 0. The van der Waals surface area contributed by atoms with Gasteiger partial charge in [0.05, 0.1) is 0 Å². The van der Waals surface area contributed by atoms with Crippen LogP contribution in [0.15, 0.2) is 34.3 Å². The van der Waals surface area contributed by atoms with Crippen LogP contribution in [0.2, 0.25) is 0 Å². The topological polar surface area (TPSA) is 0 Å². The van der Waals surface area contributed by atoms with Crippen LogP contribution in [0.1, 0.15) is 26.7 Å². The summed E-state index contributed by atoms with van der Waals surface area (Å²) in [7, 11) is 0. The molecule has 0 radical (unpaired) electrons. The van der Waals surface area contributed by atoms with Gasteiger partial charge in [0.25, 0.3) is 0 Å². The summed E-state index contributed by atoms with van der Waals surface area (Å²) < 4.78 is 0. The number of rotatable bonds is 0. The fraction of sp³-hybridized carbons (Fsp3) is 0.455. The fourth-order valence-electron chi connectivity index (χ4n) is 1.74. The van der Waals surface area contributed by atoms with Crippen molar-refractivity contribution in [2.24, 2.45) is 0 Å². The molecule has 0 saturated carbocycles. The third kappa shape index (κ3) is 1.51. The van der Waals surface area contributed by atoms with Crippen LogP contribution >= 0.6 is 11.8 Å². The Bertz CT molecular complexity index is 281. The molecule has 0 saturated heterocycles. The zero-order valence-corrected chi connectivity index (χ0v) is 8.45. The van der Waals surface area contributed by atoms with E-state index in [2.05, 4.69) is 43.8 Å². The van der Waals surface area contributed by atoms with Gasteiger partial charge in [0.1, 0.15) is 0 Å². The van der Waals surface area contributed by atoms with E-state index < -0.39 is 0 Å². The molecule has 1 heteroatoms. The molecule has 1 heterocycles. The van der Waals surface area contributed by atoms with Gasteiger partial charge in [-0.05, 0) is 30.2 Å². The van der Waals surface area contributed by atoms with Crippen LogP contribution in [-0.2, 0) is 0 Å². The second-order valence-electron chi connectivity index (χ2n) is 3.63. The van der Waals surface area contributed by atoms with E-state index >= 15 is 0 Å². The first-order chi connectivity index (χ1) is 5.75. The molecule has 0 aromatic heterocycles. The molecular weight excluding hydrogens is 164 g/mol. The Labute approximate surface area is 78.4 Å². The van der Waals surface area contributed by atoms with E-state index in [4.69, 9.17) is 0 Å². The van der Waals surface area contributed by atoms with Gasteiger partial charge in [-0.15, -0.1) is 11.8 Å². The van der Waals surface area contributed by atoms with E-state index in [1.54, 1.807) is 10.5 Å². The van der Waals surface area contributed by atoms with Crippen molar-refractivity contribution in [3.63, 3.8) is 0 Å². The van der Waals surface area contributed by atoms with Crippen LogP contribution in [0.25, 0.3) is 0 Å². The number of thioether (sulfide) groups is 1. The van der Waals surface area contributed by atoms with Crippen LogP contribution < -0.4 is 0 Å². The highest BCUT2D eigenvalue weighted by Gasteiger charge is 2.20. The molecule has 0 aromatic carbocycles. The highest BCUT2D eigenvalue weighted by molar-refractivity contribution is 8.03. The van der Waals surface area contributed by atoms with E-state index in [1.807, 2.05) is 0 Å². The molecule has 1 unspecified atom stereocenters. The third-order valence-electron chi connectivity index (χ3n) is 2.33. The molecular formula is C11H14S. The summed E-state index contributed by atoms with van der Waals surface area (Å²) in [6.07, 6.45) is 9.14. The maximum Gasteiger partial charge on any atom is 0.0104 e. The van der Waals surface area contributed by atoms with Crippen LogP contribution in [0.4, 0.5) is 0 Å². The van der Waals surface area contributed by atoms with Crippen molar-refractivity contribution in [1.29, 1.82) is 0 Å². The molecule has 64 valence electrons. The van der Waals surface area contributed by atoms with Crippen LogP contribution in [0, 0.1) is 0 Å². The molecule has 2 aliphatic rings. The van der Waals surface area contributed by atoms with Gasteiger partial charge in [-0.25, -0.2) is 0 Å². The summed E-state index contributed by atoms with van der Waals surface area (Å²) in [5, 5.41) is 0.797. The number of hydrogen-bond donors (Lipinski definition) is 0. The second kappa shape index (κ2) is 3.14. The van der Waals surface area contributed by atoms with Crippen molar-refractivity contribution >= 4 is 11.8 Å². The molecule has 0 amide bonds. The quantitative estimate of drug-likeness (QED) is 0.545. The van der Waals surface area contributed by atoms with Gasteiger partial charge < -0.3 is 0 Å². The minimum Gasteiger partial charge on any atom is -0.127 e. The highest BCUT2D eigenvalue weighted by Crippen LogP contribution is 2.42. The van der Waals surface area contributed by atoms with Crippen molar-refractivity contribution in [3.8, 4) is 0 Å². The van der Waals surface area contributed by atoms with Gasteiger partial charge in [-0.2, -0.15) is 0 Å². The molecule has 0 bridgehead atoms. The van der Waals surface area contributed by atoms with E-state index in [1.165, 1.54) is 18.4 Å². The minimum absolute atomic E-state index is 0.797. The van der Waals surface area contributed by atoms with Gasteiger partial charge in [0, 0.05) is 5.25 Å². The summed E-state index contributed by atoms with van der Waals surface area (Å²) in [4.78, 5) is 1.60. The summed E-state index contributed by atoms with van der Waals surface area (Å²) >= 11 is 2.05. The van der Waals surface area contributed by atoms with Crippen molar-refractivity contribution < 1.29 is 0 Å². The van der Waals surface area contributed by atoms with Gasteiger partial charge in [-0.1, -0.05) is 30.7 Å². The Kier molecular flexibility index (Phi) is 2.14. The lowest BCUT2D eigenvalue weighted by Gasteiger charge is -2.02. The minimum atomic E-state index is 0.797. The molecule has 12 heavy (non-hydrogen) atoms. The average molecular weight is 178 g/mol. The smallest absolute Gasteiger partial charge is 0.0104 e. The molecule has 1 aliphatic heterocycles. The van der Waals surface area contributed by atoms with Crippen molar-refractivity contribution in [2.45, 2.75) is 31.9 Å². The Morgan fingerprint density at radius 2 is 2.33 bits per heavy atom. The van der Waals surface area contributed by atoms with Crippen LogP contribution in [0.5, 0.6) is 0 Å². The molecule has 0 nitrogen and oxygen atoms in total. The Morgan fingerprint density at radius 3 is 3.17 bits per heavy atom. The first-order valence-corrected chi connectivity index (χ1v) is 5.36. The predicted molar refractivity (Wildman–Crippen MR) is 56.2 cm³/mol. The largest absolute Gasteiger partial charge is 0.127 e. The molecule has 0 fully saturated rings. The Morgan fingerprint density at radius 1 is 1.50 bits per heavy atom. The third-order valence-corrected chi connectivity index (χ3v) is 3.59. The average Bonchev–Trinajstić information content (AvgIpc) is 2.23. The van der Waals surface area contributed by atoms with E-state index in [-0.39, 0.29) is 0 Å². The van der Waals surface area contributed by atoms with Crippen LogP contribution in [-0.4, -0.2) is 5.25 Å². The first kappa shape index (κ1) is 8.18. The predicted octanol–water partition coefficient (Wildman–Crippen LogP) is 3.67. The lowest BCUT2D eigenvalue weighted by atomic mass is 10.1. The normalized spacial score (nSPS) is 28.5. The second-order valence-corrected chi connectivity index (χ2v) is 5.16. The van der Waals surface area contributed by atoms with Gasteiger partial charge in [-0.3, -0.25) is 0 Å². The zero-order valence-electron chi connectivity index (χ0n) is 7.63. The van der Waals surface area contributed by atoms with Gasteiger partial charge >= 0.3 is 0 Å². The SMILES string of the molecule is CC1=CC=CC2=C(C1)SC(C)C2. The van der Waals surface area contributed by atoms with E-state index in [0.717, 1.165) is 5.25 Å². The number of allylic oxidation sites excluding steroid dienone is 6. The van der Waals surface area contributed by atoms with E-state index in [9.17, 15) is 0 Å². The van der Waals surface area contributed by atoms with Crippen molar-refractivity contribution in [2.75, 3.05) is 0 Å². The number of hydrogen-bond acceptors (Lipinski definition) is 1. The summed E-state index contributed by atoms with van der Waals surface area (Å²) in [6.45, 7) is 4.52. The van der Waals surface area contributed by atoms with Gasteiger partial charge in [0.15, 0.2) is 0 Å². The lowest BCUT2D eigenvalue weighted by molar-refractivity contribution is 0.967. The molecule has 2 rings (SSSR count). The summed E-state index contributed by atoms with van der Waals surface area (Å²) in [5.41, 5.74) is 3.05. The molecule has 0 N–H and O–H groups in total. The zero-order chi connectivity index (χ0) is 8.55. The monoisotopic (exact) mass is 178 g/mol. The lowest BCUT2D eigenvalue weighted by Crippen LogP contribution is -1.87. The standard InChI is InChI=1S/C11H14S/c1-8-4-3-5-10-7-9(2)12-11(10)6-8/h3-5,9H,6-7H2,1-2H3. The van der Waals surface area contributed by atoms with Crippen molar-refractivity contribution in [3.05, 3.63) is 34.3 Å². The van der Waals surface area contributed by atoms with E-state index in [0.29, 0.717) is 0 Å². The Hall–Kier alpha value is -0.430. The first-order valence-electron chi connectivity index (χ1n) is 4.48.